The molecule has 9 heteroatoms. The van der Waals surface area contributed by atoms with E-state index in [0.717, 1.165) is 17.4 Å². The number of benzene rings is 2. The fraction of sp³-hybridized carbons (Fsp3) is 0. The quantitative estimate of drug-likeness (QED) is 0.553. The van der Waals surface area contributed by atoms with E-state index in [0.29, 0.717) is 11.3 Å². The van der Waals surface area contributed by atoms with Gasteiger partial charge >= 0.3 is 0 Å². The predicted octanol–water partition coefficient (Wildman–Crippen LogP) is 3.98. The van der Waals surface area contributed by atoms with Crippen molar-refractivity contribution in [2.24, 2.45) is 0 Å². The molecule has 3 rings (SSSR count). The number of nitro benzene ring substituents is 1. The van der Waals surface area contributed by atoms with Gasteiger partial charge in [0.25, 0.3) is 11.6 Å². The summed E-state index contributed by atoms with van der Waals surface area (Å²) in [6.07, 6.45) is 0. The first kappa shape index (κ1) is 17.2. The summed E-state index contributed by atoms with van der Waals surface area (Å²) in [5.41, 5.74) is 0.813. The largest absolute Gasteiger partial charge is 0.298 e. The zero-order chi connectivity index (χ0) is 18.7. The van der Waals surface area contributed by atoms with Gasteiger partial charge in [0.15, 0.2) is 5.13 Å². The summed E-state index contributed by atoms with van der Waals surface area (Å²) in [4.78, 5) is 26.7. The number of carbonyl (C=O) groups excluding carboxylic acids is 1. The summed E-state index contributed by atoms with van der Waals surface area (Å²) < 4.78 is 13.9. The number of nitriles is 1. The maximum absolute atomic E-state index is 13.9. The predicted molar refractivity (Wildman–Crippen MR) is 93.3 cm³/mol. The monoisotopic (exact) mass is 368 g/mol. The minimum atomic E-state index is -0.808. The van der Waals surface area contributed by atoms with E-state index >= 15 is 0 Å². The van der Waals surface area contributed by atoms with E-state index in [1.54, 1.807) is 17.5 Å². The fourth-order valence-corrected chi connectivity index (χ4v) is 2.89. The number of nitrogens with zero attached hydrogens (tertiary/aromatic N) is 3. The van der Waals surface area contributed by atoms with Gasteiger partial charge in [0.05, 0.1) is 27.8 Å². The van der Waals surface area contributed by atoms with Crippen LogP contribution in [-0.2, 0) is 0 Å². The van der Waals surface area contributed by atoms with Gasteiger partial charge in [-0.25, -0.2) is 9.37 Å². The Balaban J connectivity index is 1.80. The Labute approximate surface area is 150 Å². The average Bonchev–Trinajstić information content (AvgIpc) is 3.10. The molecule has 1 heterocycles. The number of hydrogen-bond acceptors (Lipinski definition) is 6. The Morgan fingerprint density at radius 2 is 2.12 bits per heavy atom. The van der Waals surface area contributed by atoms with Crippen LogP contribution in [0.15, 0.2) is 47.8 Å². The van der Waals surface area contributed by atoms with Gasteiger partial charge in [0.2, 0.25) is 0 Å². The second kappa shape index (κ2) is 7.08. The van der Waals surface area contributed by atoms with Crippen LogP contribution in [0.2, 0.25) is 0 Å². The Bertz CT molecular complexity index is 1060. The van der Waals surface area contributed by atoms with Crippen LogP contribution in [-0.4, -0.2) is 15.8 Å². The Morgan fingerprint density at radius 1 is 1.31 bits per heavy atom. The average molecular weight is 368 g/mol. The molecule has 0 aliphatic heterocycles. The summed E-state index contributed by atoms with van der Waals surface area (Å²) in [6, 6.07) is 11.3. The van der Waals surface area contributed by atoms with Crippen LogP contribution in [0.25, 0.3) is 11.3 Å². The molecule has 0 saturated heterocycles. The molecule has 3 aromatic rings. The molecule has 0 spiro atoms. The molecular formula is C17H9FN4O3S. The normalized spacial score (nSPS) is 10.2. The van der Waals surface area contributed by atoms with Gasteiger partial charge in [-0.3, -0.25) is 20.2 Å². The molecule has 26 heavy (non-hydrogen) atoms. The third-order valence-electron chi connectivity index (χ3n) is 3.42. The lowest BCUT2D eigenvalue weighted by atomic mass is 10.1. The zero-order valence-corrected chi connectivity index (χ0v) is 13.8. The van der Waals surface area contributed by atoms with Crippen molar-refractivity contribution >= 4 is 28.1 Å². The van der Waals surface area contributed by atoms with Gasteiger partial charge in [-0.15, -0.1) is 11.3 Å². The zero-order valence-electron chi connectivity index (χ0n) is 13.0. The van der Waals surface area contributed by atoms with E-state index in [-0.39, 0.29) is 21.9 Å². The maximum Gasteiger partial charge on any atom is 0.270 e. The molecule has 0 saturated carbocycles. The highest BCUT2D eigenvalue weighted by Gasteiger charge is 2.15. The van der Waals surface area contributed by atoms with Gasteiger partial charge in [-0.1, -0.05) is 12.1 Å². The van der Waals surface area contributed by atoms with Crippen molar-refractivity contribution in [1.29, 1.82) is 5.26 Å². The maximum atomic E-state index is 13.9. The molecule has 2 aromatic carbocycles. The first-order valence-corrected chi connectivity index (χ1v) is 8.07. The third-order valence-corrected chi connectivity index (χ3v) is 4.18. The van der Waals surface area contributed by atoms with E-state index < -0.39 is 16.6 Å². The second-order valence-electron chi connectivity index (χ2n) is 5.11. The third kappa shape index (κ3) is 3.55. The lowest BCUT2D eigenvalue weighted by Crippen LogP contribution is -2.13. The number of aromatic nitrogens is 1. The number of anilines is 1. The van der Waals surface area contributed by atoms with Crippen molar-refractivity contribution in [3.63, 3.8) is 0 Å². The van der Waals surface area contributed by atoms with Crippen LogP contribution in [0.4, 0.5) is 15.2 Å². The van der Waals surface area contributed by atoms with Crippen molar-refractivity contribution < 1.29 is 14.1 Å². The van der Waals surface area contributed by atoms with Crippen molar-refractivity contribution in [1.82, 2.24) is 4.98 Å². The van der Waals surface area contributed by atoms with Gasteiger partial charge in [-0.05, 0) is 18.2 Å². The molecule has 7 nitrogen and oxygen atoms in total. The summed E-state index contributed by atoms with van der Waals surface area (Å²) >= 11 is 1.11. The van der Waals surface area contributed by atoms with Gasteiger partial charge in [-0.2, -0.15) is 5.26 Å². The van der Waals surface area contributed by atoms with Crippen LogP contribution in [0.5, 0.6) is 0 Å². The Kier molecular flexibility index (Phi) is 4.68. The van der Waals surface area contributed by atoms with E-state index in [4.69, 9.17) is 5.26 Å². The van der Waals surface area contributed by atoms with E-state index in [1.807, 2.05) is 0 Å². The lowest BCUT2D eigenvalue weighted by molar-refractivity contribution is -0.384. The molecule has 0 unspecified atom stereocenters. The molecule has 0 bridgehead atoms. The molecule has 1 amide bonds. The Hall–Kier alpha value is -3.64. The standard InChI is InChI=1S/C17H9FN4O3S/c18-14-6-10(8-19)4-5-13(14)16(23)21-17-20-15(9-26-17)11-2-1-3-12(7-11)22(24)25/h1-7,9H,(H,20,21,23). The van der Waals surface area contributed by atoms with E-state index in [9.17, 15) is 19.3 Å². The van der Waals surface area contributed by atoms with Gasteiger partial charge < -0.3 is 0 Å². The number of hydrogen-bond donors (Lipinski definition) is 1. The highest BCUT2D eigenvalue weighted by molar-refractivity contribution is 7.14. The minimum absolute atomic E-state index is 0.0688. The van der Waals surface area contributed by atoms with Crippen molar-refractivity contribution in [3.8, 4) is 17.3 Å². The van der Waals surface area contributed by atoms with Gasteiger partial charge in [0.1, 0.15) is 5.82 Å². The number of non-ortho nitro benzene ring substituents is 1. The first-order chi connectivity index (χ1) is 12.5. The van der Waals surface area contributed by atoms with Crippen molar-refractivity contribution in [3.05, 3.63) is 74.9 Å². The van der Waals surface area contributed by atoms with E-state index in [1.165, 1.54) is 30.3 Å². The number of amides is 1. The number of thiazole rings is 1. The van der Waals surface area contributed by atoms with Crippen LogP contribution >= 0.6 is 11.3 Å². The number of nitrogens with one attached hydrogen (secondary N) is 1. The summed E-state index contributed by atoms with van der Waals surface area (Å²) in [7, 11) is 0. The fourth-order valence-electron chi connectivity index (χ4n) is 2.18. The highest BCUT2D eigenvalue weighted by atomic mass is 32.1. The van der Waals surface area contributed by atoms with Crippen LogP contribution in [0.1, 0.15) is 15.9 Å². The van der Waals surface area contributed by atoms with Crippen LogP contribution < -0.4 is 5.32 Å². The SMILES string of the molecule is N#Cc1ccc(C(=O)Nc2nc(-c3cccc([N+](=O)[O-])c3)cs2)c(F)c1. The van der Waals surface area contributed by atoms with E-state index in [2.05, 4.69) is 10.3 Å². The lowest BCUT2D eigenvalue weighted by Gasteiger charge is -2.03. The van der Waals surface area contributed by atoms with Crippen LogP contribution in [0, 0.1) is 27.3 Å². The van der Waals surface area contributed by atoms with Crippen LogP contribution in [0.3, 0.4) is 0 Å². The molecule has 0 aliphatic rings. The first-order valence-electron chi connectivity index (χ1n) is 7.19. The molecule has 128 valence electrons. The smallest absolute Gasteiger partial charge is 0.270 e. The Morgan fingerprint density at radius 3 is 2.81 bits per heavy atom. The number of nitro groups is 1. The number of carbonyl (C=O) groups is 1. The summed E-state index contributed by atoms with van der Waals surface area (Å²) in [6.45, 7) is 0. The molecule has 1 N–H and O–H groups in total. The summed E-state index contributed by atoms with van der Waals surface area (Å²) in [5, 5.41) is 23.9. The molecule has 0 fully saturated rings. The summed E-state index contributed by atoms with van der Waals surface area (Å²) in [5.74, 6) is -1.51. The molecule has 0 aliphatic carbocycles. The molecule has 0 radical (unpaired) electrons. The molecular weight excluding hydrogens is 359 g/mol. The second-order valence-corrected chi connectivity index (χ2v) is 5.96. The van der Waals surface area contributed by atoms with Crippen molar-refractivity contribution in [2.75, 3.05) is 5.32 Å². The number of halogens is 1. The van der Waals surface area contributed by atoms with Crippen molar-refractivity contribution in [2.45, 2.75) is 0 Å². The molecule has 1 aromatic heterocycles. The van der Waals surface area contributed by atoms with Gasteiger partial charge in [0, 0.05) is 23.1 Å². The topological polar surface area (TPSA) is 109 Å². The molecule has 0 atom stereocenters. The highest BCUT2D eigenvalue weighted by Crippen LogP contribution is 2.27. The number of rotatable bonds is 4. The minimum Gasteiger partial charge on any atom is -0.298 e.